The van der Waals surface area contributed by atoms with Crippen LogP contribution in [-0.2, 0) is 13.1 Å². The number of rotatable bonds is 8. The lowest BCUT2D eigenvalue weighted by Crippen LogP contribution is -2.39. The standard InChI is InChI=1S/C15H28N4/c1-6-19(13(2)11-18(4)5)12-15-9-7-8-14(17-15)10-16-3/h7-9,13,16H,6,10-12H2,1-5H3. The van der Waals surface area contributed by atoms with Crippen LogP contribution in [0, 0.1) is 0 Å². The van der Waals surface area contributed by atoms with Gasteiger partial charge in [0.1, 0.15) is 0 Å². The normalized spacial score (nSPS) is 13.2. The van der Waals surface area contributed by atoms with Crippen molar-refractivity contribution < 1.29 is 0 Å². The molecule has 0 fully saturated rings. The van der Waals surface area contributed by atoms with Crippen molar-refractivity contribution in [1.29, 1.82) is 0 Å². The molecule has 0 bridgehead atoms. The monoisotopic (exact) mass is 264 g/mol. The van der Waals surface area contributed by atoms with Crippen LogP contribution in [0.25, 0.3) is 0 Å². The molecule has 108 valence electrons. The van der Waals surface area contributed by atoms with E-state index in [1.807, 2.05) is 7.05 Å². The molecule has 0 radical (unpaired) electrons. The fraction of sp³-hybridized carbons (Fsp3) is 0.667. The second-order valence-electron chi connectivity index (χ2n) is 5.32. The first kappa shape index (κ1) is 16.1. The maximum atomic E-state index is 4.69. The molecule has 1 heterocycles. The topological polar surface area (TPSA) is 31.4 Å². The van der Waals surface area contributed by atoms with Gasteiger partial charge in [0.15, 0.2) is 0 Å². The third-order valence-corrected chi connectivity index (χ3v) is 3.25. The van der Waals surface area contributed by atoms with Gasteiger partial charge in [0, 0.05) is 25.7 Å². The lowest BCUT2D eigenvalue weighted by molar-refractivity contribution is 0.172. The number of hydrogen-bond acceptors (Lipinski definition) is 4. The highest BCUT2D eigenvalue weighted by atomic mass is 15.2. The van der Waals surface area contributed by atoms with Crippen LogP contribution in [0.2, 0.25) is 0 Å². The summed E-state index contributed by atoms with van der Waals surface area (Å²) in [5.41, 5.74) is 2.26. The van der Waals surface area contributed by atoms with Gasteiger partial charge in [-0.05, 0) is 46.7 Å². The van der Waals surface area contributed by atoms with Crippen LogP contribution in [0.3, 0.4) is 0 Å². The van der Waals surface area contributed by atoms with Gasteiger partial charge in [0.2, 0.25) is 0 Å². The predicted octanol–water partition coefficient (Wildman–Crippen LogP) is 1.57. The first-order chi connectivity index (χ1) is 9.06. The summed E-state index contributed by atoms with van der Waals surface area (Å²) >= 11 is 0. The van der Waals surface area contributed by atoms with Crippen LogP contribution in [0.15, 0.2) is 18.2 Å². The van der Waals surface area contributed by atoms with Gasteiger partial charge in [0.05, 0.1) is 11.4 Å². The molecule has 0 aliphatic heterocycles. The number of nitrogens with zero attached hydrogens (tertiary/aromatic N) is 3. The molecule has 4 nitrogen and oxygen atoms in total. The third-order valence-electron chi connectivity index (χ3n) is 3.25. The van der Waals surface area contributed by atoms with Crippen molar-refractivity contribution >= 4 is 0 Å². The molecule has 0 saturated heterocycles. The Morgan fingerprint density at radius 2 is 1.95 bits per heavy atom. The molecular weight excluding hydrogens is 236 g/mol. The summed E-state index contributed by atoms with van der Waals surface area (Å²) in [6.07, 6.45) is 0. The lowest BCUT2D eigenvalue weighted by atomic mass is 10.2. The van der Waals surface area contributed by atoms with Gasteiger partial charge >= 0.3 is 0 Å². The van der Waals surface area contributed by atoms with Gasteiger partial charge in [-0.3, -0.25) is 9.88 Å². The number of hydrogen-bond donors (Lipinski definition) is 1. The van der Waals surface area contributed by atoms with Gasteiger partial charge < -0.3 is 10.2 Å². The Hall–Kier alpha value is -0.970. The molecule has 1 atom stereocenters. The summed E-state index contributed by atoms with van der Waals surface area (Å²) in [6.45, 7) is 8.36. The molecule has 0 aromatic carbocycles. The fourth-order valence-electron chi connectivity index (χ4n) is 2.33. The van der Waals surface area contributed by atoms with E-state index in [1.54, 1.807) is 0 Å². The molecule has 4 heteroatoms. The van der Waals surface area contributed by atoms with Crippen LogP contribution >= 0.6 is 0 Å². The maximum Gasteiger partial charge on any atom is 0.0547 e. The minimum absolute atomic E-state index is 0.537. The molecule has 1 unspecified atom stereocenters. The van der Waals surface area contributed by atoms with Gasteiger partial charge in [-0.25, -0.2) is 0 Å². The zero-order valence-corrected chi connectivity index (χ0v) is 13.0. The molecule has 0 aliphatic rings. The van der Waals surface area contributed by atoms with Crippen LogP contribution in [0.5, 0.6) is 0 Å². The van der Waals surface area contributed by atoms with Crippen LogP contribution in [0.4, 0.5) is 0 Å². The van der Waals surface area contributed by atoms with Crippen LogP contribution < -0.4 is 5.32 Å². The minimum Gasteiger partial charge on any atom is -0.314 e. The minimum atomic E-state index is 0.537. The predicted molar refractivity (Wildman–Crippen MR) is 81.1 cm³/mol. The van der Waals surface area contributed by atoms with E-state index in [1.165, 1.54) is 0 Å². The van der Waals surface area contributed by atoms with Gasteiger partial charge in [-0.15, -0.1) is 0 Å². The highest BCUT2D eigenvalue weighted by Gasteiger charge is 2.13. The van der Waals surface area contributed by atoms with E-state index in [2.05, 4.69) is 61.3 Å². The summed E-state index contributed by atoms with van der Waals surface area (Å²) in [7, 11) is 6.19. The maximum absolute atomic E-state index is 4.69. The summed E-state index contributed by atoms with van der Waals surface area (Å²) < 4.78 is 0. The Kier molecular flexibility index (Phi) is 6.99. The van der Waals surface area contributed by atoms with Crippen molar-refractivity contribution in [3.8, 4) is 0 Å². The number of likely N-dealkylation sites (N-methyl/N-ethyl adjacent to an activating group) is 2. The van der Waals surface area contributed by atoms with Crippen molar-refractivity contribution in [2.24, 2.45) is 0 Å². The largest absolute Gasteiger partial charge is 0.314 e. The van der Waals surface area contributed by atoms with E-state index >= 15 is 0 Å². The highest BCUT2D eigenvalue weighted by Crippen LogP contribution is 2.08. The van der Waals surface area contributed by atoms with Crippen molar-refractivity contribution in [3.05, 3.63) is 29.6 Å². The van der Waals surface area contributed by atoms with E-state index < -0.39 is 0 Å². The Labute approximate surface area is 117 Å². The summed E-state index contributed by atoms with van der Waals surface area (Å²) in [6, 6.07) is 6.82. The van der Waals surface area contributed by atoms with Crippen molar-refractivity contribution in [1.82, 2.24) is 20.1 Å². The Morgan fingerprint density at radius 1 is 1.26 bits per heavy atom. The summed E-state index contributed by atoms with van der Waals surface area (Å²) in [5, 5.41) is 3.14. The van der Waals surface area contributed by atoms with Crippen molar-refractivity contribution in [2.45, 2.75) is 33.0 Å². The van der Waals surface area contributed by atoms with Crippen LogP contribution in [-0.4, -0.2) is 55.1 Å². The zero-order valence-electron chi connectivity index (χ0n) is 13.0. The van der Waals surface area contributed by atoms with Crippen molar-refractivity contribution in [3.63, 3.8) is 0 Å². The van der Waals surface area contributed by atoms with Gasteiger partial charge in [0.25, 0.3) is 0 Å². The number of aromatic nitrogens is 1. The first-order valence-electron chi connectivity index (χ1n) is 7.05. The molecule has 19 heavy (non-hydrogen) atoms. The van der Waals surface area contributed by atoms with E-state index in [9.17, 15) is 0 Å². The van der Waals surface area contributed by atoms with E-state index in [0.717, 1.165) is 37.6 Å². The third kappa shape index (κ3) is 5.68. The smallest absolute Gasteiger partial charge is 0.0547 e. The molecule has 1 aromatic rings. The first-order valence-corrected chi connectivity index (χ1v) is 7.05. The molecular formula is C15H28N4. The molecule has 1 N–H and O–H groups in total. The van der Waals surface area contributed by atoms with E-state index in [-0.39, 0.29) is 0 Å². The van der Waals surface area contributed by atoms with E-state index in [4.69, 9.17) is 4.98 Å². The number of pyridine rings is 1. The molecule has 1 rings (SSSR count). The van der Waals surface area contributed by atoms with E-state index in [0.29, 0.717) is 6.04 Å². The zero-order chi connectivity index (χ0) is 14.3. The summed E-state index contributed by atoms with van der Waals surface area (Å²) in [5.74, 6) is 0. The van der Waals surface area contributed by atoms with Crippen LogP contribution in [0.1, 0.15) is 25.2 Å². The molecule has 0 aliphatic carbocycles. The highest BCUT2D eigenvalue weighted by molar-refractivity contribution is 5.11. The van der Waals surface area contributed by atoms with Crippen molar-refractivity contribution in [2.75, 3.05) is 34.2 Å². The Balaban J connectivity index is 2.66. The quantitative estimate of drug-likeness (QED) is 0.772. The fourth-order valence-corrected chi connectivity index (χ4v) is 2.33. The second-order valence-corrected chi connectivity index (χ2v) is 5.32. The average molecular weight is 264 g/mol. The molecule has 0 spiro atoms. The molecule has 1 aromatic heterocycles. The molecule has 0 amide bonds. The Bertz CT molecular complexity index is 365. The molecule has 0 saturated carbocycles. The lowest BCUT2D eigenvalue weighted by Gasteiger charge is -2.29. The second kappa shape index (κ2) is 8.25. The van der Waals surface area contributed by atoms with Gasteiger partial charge in [-0.1, -0.05) is 13.0 Å². The average Bonchev–Trinajstić information content (AvgIpc) is 2.36. The SMILES string of the molecule is CCN(Cc1cccc(CNC)n1)C(C)CN(C)C. The van der Waals surface area contributed by atoms with Gasteiger partial charge in [-0.2, -0.15) is 0 Å². The summed E-state index contributed by atoms with van der Waals surface area (Å²) in [4.78, 5) is 9.39. The number of nitrogens with one attached hydrogen (secondary N) is 1. The Morgan fingerprint density at radius 3 is 2.53 bits per heavy atom.